The summed E-state index contributed by atoms with van der Waals surface area (Å²) in [4.78, 5) is 2.16. The van der Waals surface area contributed by atoms with E-state index >= 15 is 0 Å². The number of furan rings is 1. The van der Waals surface area contributed by atoms with E-state index < -0.39 is 5.60 Å². The lowest BCUT2D eigenvalue weighted by Crippen LogP contribution is -2.22. The van der Waals surface area contributed by atoms with Gasteiger partial charge in [-0.25, -0.2) is 0 Å². The highest BCUT2D eigenvalue weighted by Gasteiger charge is 2.07. The third-order valence-corrected chi connectivity index (χ3v) is 4.38. The van der Waals surface area contributed by atoms with E-state index in [1.807, 2.05) is 18.2 Å². The molecule has 0 aliphatic carbocycles. The van der Waals surface area contributed by atoms with Crippen LogP contribution in [0.15, 0.2) is 39.5 Å². The van der Waals surface area contributed by atoms with Gasteiger partial charge < -0.3 is 14.3 Å². The Labute approximate surface area is 171 Å². The van der Waals surface area contributed by atoms with Crippen LogP contribution in [-0.2, 0) is 17.9 Å². The molecule has 28 heavy (non-hydrogen) atoms. The van der Waals surface area contributed by atoms with E-state index in [4.69, 9.17) is 9.15 Å². The average Bonchev–Trinajstić information content (AvgIpc) is 3.31. The van der Waals surface area contributed by atoms with Gasteiger partial charge in [-0.05, 0) is 66.8 Å². The summed E-state index contributed by atoms with van der Waals surface area (Å²) in [6.45, 7) is 8.49. The second kappa shape index (κ2) is 11.5. The average molecular weight is 398 g/mol. The Kier molecular flexibility index (Phi) is 9.07. The zero-order chi connectivity index (χ0) is 20.2. The van der Waals surface area contributed by atoms with E-state index in [0.717, 1.165) is 18.1 Å². The van der Waals surface area contributed by atoms with Gasteiger partial charge >= 0.3 is 0 Å². The molecule has 0 aliphatic heterocycles. The fourth-order valence-corrected chi connectivity index (χ4v) is 2.87. The van der Waals surface area contributed by atoms with Crippen molar-refractivity contribution in [3.63, 3.8) is 0 Å². The number of ether oxygens (including phenoxy) is 1. The molecule has 0 aliphatic rings. The van der Waals surface area contributed by atoms with Crippen LogP contribution >= 0.6 is 11.3 Å². The Morgan fingerprint density at radius 2 is 2.07 bits per heavy atom. The number of hydrogen-bond donors (Lipinski definition) is 1. The minimum absolute atomic E-state index is 0.451. The van der Waals surface area contributed by atoms with Crippen LogP contribution in [-0.4, -0.2) is 35.3 Å². The summed E-state index contributed by atoms with van der Waals surface area (Å²) in [5, 5.41) is 13.7. The molecule has 0 amide bonds. The molecule has 0 bridgehead atoms. The minimum Gasteiger partial charge on any atom is -0.462 e. The maximum Gasteiger partial charge on any atom is 0.129 e. The van der Waals surface area contributed by atoms with Crippen LogP contribution in [0.4, 0.5) is 0 Å². The molecule has 4 nitrogen and oxygen atoms in total. The van der Waals surface area contributed by atoms with Crippen LogP contribution in [0.25, 0.3) is 6.08 Å². The van der Waals surface area contributed by atoms with Crippen molar-refractivity contribution in [2.75, 3.05) is 19.7 Å². The van der Waals surface area contributed by atoms with Gasteiger partial charge in [0.05, 0.1) is 19.7 Å². The first-order valence-corrected chi connectivity index (χ1v) is 10.2. The predicted octanol–water partition coefficient (Wildman–Crippen LogP) is 4.17. The van der Waals surface area contributed by atoms with Crippen molar-refractivity contribution in [2.24, 2.45) is 0 Å². The van der Waals surface area contributed by atoms with Crippen LogP contribution in [0.3, 0.4) is 0 Å². The second-order valence-electron chi connectivity index (χ2n) is 6.76. The molecule has 5 heteroatoms. The van der Waals surface area contributed by atoms with Crippen molar-refractivity contribution in [1.29, 1.82) is 0 Å². The first-order chi connectivity index (χ1) is 13.5. The van der Waals surface area contributed by atoms with Gasteiger partial charge in [-0.1, -0.05) is 30.9 Å². The van der Waals surface area contributed by atoms with Crippen LogP contribution in [0.1, 0.15) is 37.9 Å². The summed E-state index contributed by atoms with van der Waals surface area (Å²) in [6.07, 6.45) is 4.06. The topological polar surface area (TPSA) is 45.8 Å². The summed E-state index contributed by atoms with van der Waals surface area (Å²) >= 11 is 1.68. The Hall–Kier alpha value is -2.28. The largest absolute Gasteiger partial charge is 0.462 e. The molecule has 0 saturated heterocycles. The molecule has 148 valence electrons. The van der Waals surface area contributed by atoms with E-state index in [9.17, 15) is 5.11 Å². The highest BCUT2D eigenvalue weighted by molar-refractivity contribution is 7.08. The van der Waals surface area contributed by atoms with Crippen LogP contribution in [0.5, 0.6) is 0 Å². The highest BCUT2D eigenvalue weighted by atomic mass is 32.1. The summed E-state index contributed by atoms with van der Waals surface area (Å²) in [5.74, 6) is 12.9. The maximum absolute atomic E-state index is 9.53. The Morgan fingerprint density at radius 3 is 2.79 bits per heavy atom. The molecule has 0 unspecified atom stereocenters. The standard InChI is InChI=1S/C23H27NO3S/c1-4-24(14-7-5-6-13-23(2,3)25)17-21-10-11-22(27-21)18-26-15-8-9-20-12-16-28-19-20/h8-12,16,19,25H,4,14-15,17-18H2,1-3H3. The van der Waals surface area contributed by atoms with Crippen LogP contribution in [0.2, 0.25) is 0 Å². The lowest BCUT2D eigenvalue weighted by Gasteiger charge is -2.15. The molecule has 2 heterocycles. The molecule has 0 fully saturated rings. The fourth-order valence-electron chi connectivity index (χ4n) is 2.25. The van der Waals surface area contributed by atoms with Gasteiger partial charge in [-0.2, -0.15) is 11.3 Å². The Balaban J connectivity index is 1.74. The molecule has 2 aromatic heterocycles. The van der Waals surface area contributed by atoms with E-state index in [1.54, 1.807) is 25.2 Å². The molecular formula is C23H27NO3S. The molecule has 1 N–H and O–H groups in total. The SMILES string of the molecule is CCN(CC#CC#CC(C)(C)O)Cc1ccc(COCC=Cc2ccsc2)o1. The van der Waals surface area contributed by atoms with Crippen molar-refractivity contribution in [2.45, 2.75) is 39.5 Å². The molecule has 0 atom stereocenters. The lowest BCUT2D eigenvalue weighted by atomic mass is 10.1. The Bertz CT molecular complexity index is 852. The summed E-state index contributed by atoms with van der Waals surface area (Å²) in [5.41, 5.74) is 0.188. The molecule has 0 saturated carbocycles. The van der Waals surface area contributed by atoms with Crippen molar-refractivity contribution in [3.8, 4) is 23.7 Å². The number of hydrogen-bond acceptors (Lipinski definition) is 5. The Morgan fingerprint density at radius 1 is 1.25 bits per heavy atom. The lowest BCUT2D eigenvalue weighted by molar-refractivity contribution is 0.129. The van der Waals surface area contributed by atoms with Gasteiger partial charge in [0.15, 0.2) is 0 Å². The quantitative estimate of drug-likeness (QED) is 0.510. The van der Waals surface area contributed by atoms with Gasteiger partial charge in [0.25, 0.3) is 0 Å². The first kappa shape index (κ1) is 22.0. The number of nitrogens with zero attached hydrogens (tertiary/aromatic N) is 1. The first-order valence-electron chi connectivity index (χ1n) is 9.25. The van der Waals surface area contributed by atoms with Gasteiger partial charge in [0, 0.05) is 0 Å². The van der Waals surface area contributed by atoms with E-state index in [-0.39, 0.29) is 0 Å². The van der Waals surface area contributed by atoms with Gasteiger partial charge in [0.2, 0.25) is 0 Å². The molecule has 0 spiro atoms. The van der Waals surface area contributed by atoms with Crippen LogP contribution in [0, 0.1) is 23.7 Å². The highest BCUT2D eigenvalue weighted by Crippen LogP contribution is 2.12. The monoisotopic (exact) mass is 397 g/mol. The normalized spacial score (nSPS) is 11.3. The van der Waals surface area contributed by atoms with E-state index in [1.165, 1.54) is 5.56 Å². The van der Waals surface area contributed by atoms with Crippen LogP contribution < -0.4 is 0 Å². The number of thiophene rings is 1. The molecule has 2 rings (SSSR count). The molecule has 0 radical (unpaired) electrons. The maximum atomic E-state index is 9.53. The van der Waals surface area contributed by atoms with Gasteiger partial charge in [0.1, 0.15) is 23.7 Å². The minimum atomic E-state index is -1.01. The second-order valence-corrected chi connectivity index (χ2v) is 7.54. The fraction of sp³-hybridized carbons (Fsp3) is 0.391. The smallest absolute Gasteiger partial charge is 0.129 e. The predicted molar refractivity (Wildman–Crippen MR) is 115 cm³/mol. The molecule has 2 aromatic rings. The third-order valence-electron chi connectivity index (χ3n) is 3.68. The third kappa shape index (κ3) is 9.08. The zero-order valence-corrected chi connectivity index (χ0v) is 17.5. The van der Waals surface area contributed by atoms with Gasteiger partial charge in [-0.15, -0.1) is 0 Å². The zero-order valence-electron chi connectivity index (χ0n) is 16.7. The summed E-state index contributed by atoms with van der Waals surface area (Å²) in [6, 6.07) is 6.00. The number of aliphatic hydroxyl groups is 1. The van der Waals surface area contributed by atoms with Gasteiger partial charge in [-0.3, -0.25) is 4.90 Å². The van der Waals surface area contributed by atoms with Crippen molar-refractivity contribution < 1.29 is 14.3 Å². The van der Waals surface area contributed by atoms with E-state index in [2.05, 4.69) is 58.4 Å². The molecule has 0 aromatic carbocycles. The van der Waals surface area contributed by atoms with Crippen molar-refractivity contribution >= 4 is 17.4 Å². The summed E-state index contributed by atoms with van der Waals surface area (Å²) in [7, 11) is 0. The van der Waals surface area contributed by atoms with Crippen molar-refractivity contribution in [3.05, 3.63) is 52.1 Å². The van der Waals surface area contributed by atoms with Crippen molar-refractivity contribution in [1.82, 2.24) is 4.90 Å². The molecular weight excluding hydrogens is 370 g/mol. The van der Waals surface area contributed by atoms with E-state index in [0.29, 0.717) is 26.3 Å². The summed E-state index contributed by atoms with van der Waals surface area (Å²) < 4.78 is 11.5. The number of rotatable bonds is 9.